The minimum atomic E-state index is -5.08. The predicted molar refractivity (Wildman–Crippen MR) is 132 cm³/mol. The van der Waals surface area contributed by atoms with Gasteiger partial charge in [-0.1, -0.05) is 24.3 Å². The van der Waals surface area contributed by atoms with Crippen LogP contribution in [0.3, 0.4) is 0 Å². The zero-order chi connectivity index (χ0) is 31.5. The maximum absolute atomic E-state index is 13.2. The van der Waals surface area contributed by atoms with Gasteiger partial charge in [-0.05, 0) is 52.6 Å². The second-order valence-corrected chi connectivity index (χ2v) is 11.2. The molecule has 0 saturated carbocycles. The van der Waals surface area contributed by atoms with E-state index in [0.717, 1.165) is 22.3 Å². The molecular formula is C26H21F7N2O6S. The molecule has 2 aliphatic rings. The molecule has 0 amide bonds. The van der Waals surface area contributed by atoms with Gasteiger partial charge in [-0.2, -0.15) is 26.3 Å². The smallest absolute Gasteiger partial charge is 0.475 e. The molecule has 1 saturated heterocycles. The molecule has 0 spiro atoms. The lowest BCUT2D eigenvalue weighted by atomic mass is 9.94. The third-order valence-electron chi connectivity index (χ3n) is 6.25. The highest BCUT2D eigenvalue weighted by atomic mass is 32.2. The number of aliphatic carboxylic acids is 2. The maximum Gasteiger partial charge on any atom is 0.490 e. The van der Waals surface area contributed by atoms with Gasteiger partial charge in [0.1, 0.15) is 5.82 Å². The van der Waals surface area contributed by atoms with Crippen molar-refractivity contribution in [3.63, 3.8) is 0 Å². The standard InChI is InChI=1S/C22H19FN2O2S.2C2HF3O2/c23-18-6-3-16(4-7-18)17-5-8-21-19(10-17)20-13-25(14-22(20)28(21,26)27)12-15-2-1-9-24-11-15;2*3-2(4,5)1(6)7/h1-11,20,22H,12-14H2;2*(H,6,7). The summed E-state index contributed by atoms with van der Waals surface area (Å²) in [6.07, 6.45) is -6.61. The van der Waals surface area contributed by atoms with Crippen LogP contribution >= 0.6 is 0 Å². The van der Waals surface area contributed by atoms with E-state index < -0.39 is 39.4 Å². The fraction of sp³-hybridized carbons (Fsp3) is 0.269. The van der Waals surface area contributed by atoms with Crippen molar-refractivity contribution < 1.29 is 59.0 Å². The number of nitrogens with zero attached hydrogens (tertiary/aromatic N) is 2. The van der Waals surface area contributed by atoms with Gasteiger partial charge >= 0.3 is 24.3 Å². The van der Waals surface area contributed by atoms with Crippen molar-refractivity contribution in [3.05, 3.63) is 83.9 Å². The first-order valence-corrected chi connectivity index (χ1v) is 13.3. The summed E-state index contributed by atoms with van der Waals surface area (Å²) >= 11 is 0. The number of rotatable bonds is 3. The van der Waals surface area contributed by atoms with Crippen molar-refractivity contribution in [1.29, 1.82) is 0 Å². The van der Waals surface area contributed by atoms with Crippen LogP contribution in [-0.4, -0.2) is 71.1 Å². The van der Waals surface area contributed by atoms with E-state index in [2.05, 4.69) is 9.88 Å². The predicted octanol–water partition coefficient (Wildman–Crippen LogP) is 4.91. The zero-order valence-electron chi connectivity index (χ0n) is 21.1. The molecule has 1 fully saturated rings. The molecular weight excluding hydrogens is 601 g/mol. The van der Waals surface area contributed by atoms with Crippen LogP contribution in [0, 0.1) is 5.82 Å². The van der Waals surface area contributed by atoms with Gasteiger partial charge in [0, 0.05) is 37.9 Å². The molecule has 1 aromatic heterocycles. The SMILES string of the molecule is O=C(O)C(F)(F)F.O=C(O)C(F)(F)F.O=S1(=O)c2ccc(-c3ccc(F)cc3)cc2C2CN(Cc3cccnc3)CC21. The lowest BCUT2D eigenvalue weighted by molar-refractivity contribution is -0.193. The van der Waals surface area contributed by atoms with Gasteiger partial charge in [-0.3, -0.25) is 9.88 Å². The lowest BCUT2D eigenvalue weighted by Crippen LogP contribution is -2.25. The van der Waals surface area contributed by atoms with Crippen molar-refractivity contribution >= 4 is 21.8 Å². The van der Waals surface area contributed by atoms with E-state index in [-0.39, 0.29) is 11.7 Å². The summed E-state index contributed by atoms with van der Waals surface area (Å²) in [5.74, 6) is -5.83. The number of hydrogen-bond donors (Lipinski definition) is 2. The Morgan fingerprint density at radius 1 is 0.881 bits per heavy atom. The lowest BCUT2D eigenvalue weighted by Gasteiger charge is -2.17. The number of fused-ring (bicyclic) bond motifs is 3. The molecule has 2 atom stereocenters. The first kappa shape index (κ1) is 32.5. The number of pyridine rings is 1. The van der Waals surface area contributed by atoms with Gasteiger partial charge in [-0.25, -0.2) is 22.4 Å². The van der Waals surface area contributed by atoms with Gasteiger partial charge in [0.2, 0.25) is 0 Å². The molecule has 0 radical (unpaired) electrons. The molecule has 226 valence electrons. The quantitative estimate of drug-likeness (QED) is 0.395. The number of aromatic nitrogens is 1. The van der Waals surface area contributed by atoms with Crippen molar-refractivity contribution in [2.24, 2.45) is 0 Å². The first-order valence-electron chi connectivity index (χ1n) is 11.8. The summed E-state index contributed by atoms with van der Waals surface area (Å²) in [6.45, 7) is 1.93. The van der Waals surface area contributed by atoms with Crippen molar-refractivity contribution in [3.8, 4) is 11.1 Å². The number of benzene rings is 2. The number of alkyl halides is 6. The molecule has 8 nitrogen and oxygen atoms in total. The molecule has 0 aliphatic carbocycles. The number of carboxylic acid groups (broad SMARTS) is 2. The highest BCUT2D eigenvalue weighted by Gasteiger charge is 2.50. The fourth-order valence-electron chi connectivity index (χ4n) is 4.43. The van der Waals surface area contributed by atoms with Gasteiger partial charge in [0.25, 0.3) is 0 Å². The largest absolute Gasteiger partial charge is 0.490 e. The van der Waals surface area contributed by atoms with Gasteiger partial charge in [0.15, 0.2) is 9.84 Å². The molecule has 42 heavy (non-hydrogen) atoms. The molecule has 5 rings (SSSR count). The summed E-state index contributed by atoms with van der Waals surface area (Å²) in [5, 5.41) is 13.8. The minimum Gasteiger partial charge on any atom is -0.475 e. The van der Waals surface area contributed by atoms with Crippen LogP contribution < -0.4 is 0 Å². The number of carboxylic acids is 2. The average Bonchev–Trinajstić information content (AvgIpc) is 3.41. The second-order valence-electron chi connectivity index (χ2n) is 9.11. The Hall–Kier alpha value is -4.05. The zero-order valence-corrected chi connectivity index (χ0v) is 21.9. The number of likely N-dealkylation sites (tertiary alicyclic amines) is 1. The molecule has 2 N–H and O–H groups in total. The van der Waals surface area contributed by atoms with E-state index in [1.165, 1.54) is 12.1 Å². The Labute approximate surface area is 234 Å². The second kappa shape index (κ2) is 12.4. The van der Waals surface area contributed by atoms with E-state index in [1.807, 2.05) is 30.5 Å². The van der Waals surface area contributed by atoms with Crippen LogP contribution in [0.5, 0.6) is 0 Å². The Morgan fingerprint density at radius 3 is 1.93 bits per heavy atom. The highest BCUT2D eigenvalue weighted by Crippen LogP contribution is 2.46. The van der Waals surface area contributed by atoms with Crippen LogP contribution in [0.25, 0.3) is 11.1 Å². The number of hydrogen-bond acceptors (Lipinski definition) is 6. The number of halogens is 7. The Morgan fingerprint density at radius 2 is 1.43 bits per heavy atom. The van der Waals surface area contributed by atoms with Crippen LogP contribution in [0.4, 0.5) is 30.7 Å². The molecule has 2 unspecified atom stereocenters. The Kier molecular flexibility index (Phi) is 9.62. The summed E-state index contributed by atoms with van der Waals surface area (Å²) in [6, 6.07) is 15.7. The third-order valence-corrected chi connectivity index (χ3v) is 8.51. The minimum absolute atomic E-state index is 0.0305. The number of carbonyl (C=O) groups is 2. The molecule has 3 heterocycles. The fourth-order valence-corrected chi connectivity index (χ4v) is 6.62. The van der Waals surface area contributed by atoms with E-state index in [0.29, 0.717) is 24.5 Å². The van der Waals surface area contributed by atoms with Crippen molar-refractivity contribution in [2.45, 2.75) is 35.0 Å². The van der Waals surface area contributed by atoms with Crippen molar-refractivity contribution in [2.75, 3.05) is 13.1 Å². The van der Waals surface area contributed by atoms with Crippen LogP contribution in [0.15, 0.2) is 71.9 Å². The van der Waals surface area contributed by atoms with Crippen LogP contribution in [0.1, 0.15) is 17.0 Å². The Balaban J connectivity index is 0.000000289. The molecule has 2 aromatic carbocycles. The molecule has 2 aliphatic heterocycles. The molecule has 0 bridgehead atoms. The normalized spacial score (nSPS) is 18.9. The van der Waals surface area contributed by atoms with E-state index in [4.69, 9.17) is 19.8 Å². The van der Waals surface area contributed by atoms with Crippen LogP contribution in [0.2, 0.25) is 0 Å². The van der Waals surface area contributed by atoms with Gasteiger partial charge < -0.3 is 10.2 Å². The summed E-state index contributed by atoms with van der Waals surface area (Å²) < 4.78 is 103. The van der Waals surface area contributed by atoms with E-state index >= 15 is 0 Å². The van der Waals surface area contributed by atoms with Gasteiger partial charge in [-0.15, -0.1) is 0 Å². The molecule has 3 aromatic rings. The number of sulfone groups is 1. The maximum atomic E-state index is 13.2. The summed E-state index contributed by atoms with van der Waals surface area (Å²) in [4.78, 5) is 24.6. The Bertz CT molecular complexity index is 1510. The summed E-state index contributed by atoms with van der Waals surface area (Å²) in [5.41, 5.74) is 3.77. The van der Waals surface area contributed by atoms with Crippen LogP contribution in [-0.2, 0) is 26.0 Å². The van der Waals surface area contributed by atoms with Gasteiger partial charge in [0.05, 0.1) is 10.1 Å². The van der Waals surface area contributed by atoms with E-state index in [9.17, 15) is 39.2 Å². The third kappa shape index (κ3) is 7.82. The summed E-state index contributed by atoms with van der Waals surface area (Å²) in [7, 11) is -3.33. The highest BCUT2D eigenvalue weighted by molar-refractivity contribution is 7.92. The van der Waals surface area contributed by atoms with Crippen molar-refractivity contribution in [1.82, 2.24) is 9.88 Å². The van der Waals surface area contributed by atoms with E-state index in [1.54, 1.807) is 24.4 Å². The molecule has 16 heteroatoms. The monoisotopic (exact) mass is 622 g/mol. The topological polar surface area (TPSA) is 125 Å². The first-order chi connectivity index (χ1) is 19.4. The average molecular weight is 623 g/mol.